The van der Waals surface area contributed by atoms with Gasteiger partial charge in [-0.15, -0.1) is 0 Å². The first-order valence-electron chi connectivity index (χ1n) is 8.11. The van der Waals surface area contributed by atoms with Crippen molar-refractivity contribution in [3.8, 4) is 11.1 Å². The number of nitrogens with zero attached hydrogens (tertiary/aromatic N) is 2. The van der Waals surface area contributed by atoms with Crippen molar-refractivity contribution < 1.29 is 8.78 Å². The predicted molar refractivity (Wildman–Crippen MR) is 96.9 cm³/mol. The monoisotopic (exact) mass is 348 g/mol. The fourth-order valence-corrected chi connectivity index (χ4v) is 2.94. The summed E-state index contributed by atoms with van der Waals surface area (Å²) in [6.45, 7) is -0.219. The molecule has 0 fully saturated rings. The highest BCUT2D eigenvalue weighted by Gasteiger charge is 2.14. The molecule has 3 aromatic carbocycles. The summed E-state index contributed by atoms with van der Waals surface area (Å²) < 4.78 is 30.3. The van der Waals surface area contributed by atoms with E-state index < -0.39 is 11.6 Å². The van der Waals surface area contributed by atoms with Crippen LogP contribution in [0.25, 0.3) is 22.0 Å². The van der Waals surface area contributed by atoms with E-state index in [1.807, 2.05) is 6.07 Å². The number of aromatic nitrogens is 2. The van der Waals surface area contributed by atoms with Crippen LogP contribution in [0, 0.1) is 11.6 Å². The second-order valence-electron chi connectivity index (χ2n) is 5.98. The molecule has 0 atom stereocenters. The number of para-hydroxylation sites is 1. The number of rotatable bonds is 3. The molecule has 128 valence electrons. The number of hydrogen-bond donors (Lipinski definition) is 0. The van der Waals surface area contributed by atoms with Gasteiger partial charge in [0.1, 0.15) is 11.6 Å². The SMILES string of the molecule is O=c1c2ccccc2ncn1Cc1c(F)cc(-c2ccccc2)cc1F. The first kappa shape index (κ1) is 16.1. The average Bonchev–Trinajstić information content (AvgIpc) is 2.67. The average molecular weight is 348 g/mol. The summed E-state index contributed by atoms with van der Waals surface area (Å²) in [5.41, 5.74) is 1.23. The van der Waals surface area contributed by atoms with Crippen molar-refractivity contribution in [1.29, 1.82) is 0 Å². The van der Waals surface area contributed by atoms with Crippen molar-refractivity contribution in [1.82, 2.24) is 9.55 Å². The summed E-state index contributed by atoms with van der Waals surface area (Å²) in [6, 6.07) is 18.5. The van der Waals surface area contributed by atoms with E-state index in [4.69, 9.17) is 0 Å². The first-order valence-corrected chi connectivity index (χ1v) is 8.11. The molecule has 0 amide bonds. The van der Waals surface area contributed by atoms with Crippen LogP contribution in [0.3, 0.4) is 0 Å². The second-order valence-corrected chi connectivity index (χ2v) is 5.98. The molecule has 3 nitrogen and oxygen atoms in total. The Balaban J connectivity index is 1.76. The molecule has 0 unspecified atom stereocenters. The lowest BCUT2D eigenvalue weighted by Crippen LogP contribution is -2.22. The van der Waals surface area contributed by atoms with Gasteiger partial charge in [-0.25, -0.2) is 13.8 Å². The zero-order valence-electron chi connectivity index (χ0n) is 13.7. The van der Waals surface area contributed by atoms with Gasteiger partial charge in [-0.1, -0.05) is 42.5 Å². The third-order valence-electron chi connectivity index (χ3n) is 4.31. The highest BCUT2D eigenvalue weighted by molar-refractivity contribution is 5.76. The van der Waals surface area contributed by atoms with Crippen LogP contribution in [0.2, 0.25) is 0 Å². The molecule has 0 aliphatic heterocycles. The van der Waals surface area contributed by atoms with E-state index in [1.54, 1.807) is 48.5 Å². The maximum absolute atomic E-state index is 14.6. The van der Waals surface area contributed by atoms with Crippen LogP contribution < -0.4 is 5.56 Å². The maximum Gasteiger partial charge on any atom is 0.261 e. The van der Waals surface area contributed by atoms with E-state index in [0.717, 1.165) is 5.56 Å². The smallest absolute Gasteiger partial charge is 0.261 e. The molecule has 1 aromatic heterocycles. The molecule has 5 heteroatoms. The van der Waals surface area contributed by atoms with Gasteiger partial charge in [0.25, 0.3) is 5.56 Å². The van der Waals surface area contributed by atoms with Crippen molar-refractivity contribution in [3.63, 3.8) is 0 Å². The molecule has 0 bridgehead atoms. The third kappa shape index (κ3) is 2.88. The molecule has 0 N–H and O–H groups in total. The van der Waals surface area contributed by atoms with Gasteiger partial charge >= 0.3 is 0 Å². The van der Waals surface area contributed by atoms with Crippen molar-refractivity contribution in [2.75, 3.05) is 0 Å². The molecule has 0 saturated heterocycles. The van der Waals surface area contributed by atoms with Crippen molar-refractivity contribution in [2.45, 2.75) is 6.54 Å². The standard InChI is InChI=1S/C21H14F2N2O/c22-18-10-15(14-6-2-1-3-7-14)11-19(23)17(18)12-25-13-24-20-9-5-4-8-16(20)21(25)26/h1-11,13H,12H2. The molecular formula is C21H14F2N2O. The predicted octanol–water partition coefficient (Wildman–Crippen LogP) is 4.39. The van der Waals surface area contributed by atoms with E-state index in [1.165, 1.54) is 23.0 Å². The van der Waals surface area contributed by atoms with E-state index in [2.05, 4.69) is 4.98 Å². The van der Waals surface area contributed by atoms with Gasteiger partial charge in [0, 0.05) is 5.56 Å². The lowest BCUT2D eigenvalue weighted by atomic mass is 10.0. The van der Waals surface area contributed by atoms with Crippen molar-refractivity contribution >= 4 is 10.9 Å². The summed E-state index contributed by atoms with van der Waals surface area (Å²) in [5, 5.41) is 0.414. The molecule has 0 aliphatic carbocycles. The van der Waals surface area contributed by atoms with Gasteiger partial charge in [0.2, 0.25) is 0 Å². The Hall–Kier alpha value is -3.34. The van der Waals surface area contributed by atoms with Gasteiger partial charge < -0.3 is 0 Å². The third-order valence-corrected chi connectivity index (χ3v) is 4.31. The van der Waals surface area contributed by atoms with Crippen LogP contribution in [0.5, 0.6) is 0 Å². The Morgan fingerprint density at radius 1 is 0.846 bits per heavy atom. The normalized spacial score (nSPS) is 11.0. The summed E-state index contributed by atoms with van der Waals surface area (Å²) in [7, 11) is 0. The Labute approximate surface area is 148 Å². The second kappa shape index (κ2) is 6.52. The molecule has 4 rings (SSSR count). The minimum absolute atomic E-state index is 0.163. The molecular weight excluding hydrogens is 334 g/mol. The lowest BCUT2D eigenvalue weighted by Gasteiger charge is -2.11. The molecule has 1 heterocycles. The van der Waals surface area contributed by atoms with E-state index in [0.29, 0.717) is 16.5 Å². The van der Waals surface area contributed by atoms with Gasteiger partial charge in [-0.3, -0.25) is 9.36 Å². The topological polar surface area (TPSA) is 34.9 Å². The fourth-order valence-electron chi connectivity index (χ4n) is 2.94. The van der Waals surface area contributed by atoms with Crippen LogP contribution in [-0.4, -0.2) is 9.55 Å². The highest BCUT2D eigenvalue weighted by atomic mass is 19.1. The van der Waals surface area contributed by atoms with Crippen LogP contribution in [0.1, 0.15) is 5.56 Å². The van der Waals surface area contributed by atoms with Crippen LogP contribution in [0.15, 0.2) is 77.9 Å². The largest absolute Gasteiger partial charge is 0.294 e. The molecule has 26 heavy (non-hydrogen) atoms. The number of halogens is 2. The summed E-state index contributed by atoms with van der Waals surface area (Å²) >= 11 is 0. The zero-order chi connectivity index (χ0) is 18.1. The van der Waals surface area contributed by atoms with Gasteiger partial charge in [-0.2, -0.15) is 0 Å². The lowest BCUT2D eigenvalue weighted by molar-refractivity contribution is 0.541. The van der Waals surface area contributed by atoms with Gasteiger partial charge in [0.15, 0.2) is 0 Å². The summed E-state index contributed by atoms with van der Waals surface area (Å²) in [6.07, 6.45) is 1.31. The fraction of sp³-hybridized carbons (Fsp3) is 0.0476. The number of fused-ring (bicyclic) bond motifs is 1. The Bertz CT molecular complexity index is 1130. The summed E-state index contributed by atoms with van der Waals surface area (Å²) in [4.78, 5) is 16.7. The minimum Gasteiger partial charge on any atom is -0.294 e. The molecule has 0 spiro atoms. The quantitative estimate of drug-likeness (QED) is 0.550. The number of hydrogen-bond acceptors (Lipinski definition) is 2. The Morgan fingerprint density at radius 2 is 1.50 bits per heavy atom. The Kier molecular flexibility index (Phi) is 4.05. The summed E-state index contributed by atoms with van der Waals surface area (Å²) in [5.74, 6) is -1.38. The highest BCUT2D eigenvalue weighted by Crippen LogP contribution is 2.24. The zero-order valence-corrected chi connectivity index (χ0v) is 13.7. The molecule has 4 aromatic rings. The van der Waals surface area contributed by atoms with E-state index in [9.17, 15) is 13.6 Å². The van der Waals surface area contributed by atoms with Crippen LogP contribution in [-0.2, 0) is 6.54 Å². The van der Waals surface area contributed by atoms with E-state index >= 15 is 0 Å². The number of benzene rings is 3. The Morgan fingerprint density at radius 3 is 2.23 bits per heavy atom. The maximum atomic E-state index is 14.6. The molecule has 0 aliphatic rings. The van der Waals surface area contributed by atoms with Gasteiger partial charge in [0.05, 0.1) is 23.8 Å². The van der Waals surface area contributed by atoms with Crippen LogP contribution in [0.4, 0.5) is 8.78 Å². The van der Waals surface area contributed by atoms with Crippen molar-refractivity contribution in [2.24, 2.45) is 0 Å². The van der Waals surface area contributed by atoms with Crippen LogP contribution >= 0.6 is 0 Å². The van der Waals surface area contributed by atoms with Gasteiger partial charge in [-0.05, 0) is 35.4 Å². The molecule has 0 saturated carbocycles. The minimum atomic E-state index is -0.691. The first-order chi connectivity index (χ1) is 12.6. The van der Waals surface area contributed by atoms with E-state index in [-0.39, 0.29) is 17.7 Å². The molecule has 0 radical (unpaired) electrons. The van der Waals surface area contributed by atoms with Crippen molar-refractivity contribution in [3.05, 3.63) is 101 Å².